The molecule has 1 aliphatic heterocycles. The van der Waals surface area contributed by atoms with Gasteiger partial charge in [0.2, 0.25) is 5.91 Å². The molecule has 1 heterocycles. The predicted molar refractivity (Wildman–Crippen MR) is 297 cm³/mol. The Kier molecular flexibility index (Phi) is 47.7. The molecule has 11 heteroatoms. The number of aliphatic hydroxyl groups is 5. The van der Waals surface area contributed by atoms with Gasteiger partial charge in [-0.25, -0.2) is 0 Å². The van der Waals surface area contributed by atoms with E-state index in [1.165, 1.54) is 141 Å². The molecule has 0 aromatic carbocycles. The first-order valence-corrected chi connectivity index (χ1v) is 29.9. The molecular formula is C61H111NO10. The van der Waals surface area contributed by atoms with Gasteiger partial charge in [0, 0.05) is 12.8 Å². The molecule has 0 saturated carbocycles. The molecule has 7 atom stereocenters. The monoisotopic (exact) mass is 1020 g/mol. The van der Waals surface area contributed by atoms with Crippen molar-refractivity contribution < 1.29 is 49.3 Å². The van der Waals surface area contributed by atoms with Crippen LogP contribution >= 0.6 is 0 Å². The fraction of sp³-hybridized carbons (Fsp3) is 0.836. The first-order chi connectivity index (χ1) is 35.2. The van der Waals surface area contributed by atoms with Gasteiger partial charge in [-0.2, -0.15) is 0 Å². The molecule has 6 N–H and O–H groups in total. The number of carbonyl (C=O) groups excluding carboxylic acids is 2. The van der Waals surface area contributed by atoms with Crippen molar-refractivity contribution in [3.8, 4) is 0 Å². The smallest absolute Gasteiger partial charge is 0.305 e. The first kappa shape index (κ1) is 67.6. The van der Waals surface area contributed by atoms with Crippen molar-refractivity contribution in [1.29, 1.82) is 0 Å². The summed E-state index contributed by atoms with van der Waals surface area (Å²) in [6.45, 7) is 4.25. The molecule has 1 fully saturated rings. The molecule has 0 spiro atoms. The average molecular weight is 1020 g/mol. The van der Waals surface area contributed by atoms with Gasteiger partial charge in [-0.3, -0.25) is 9.59 Å². The van der Waals surface area contributed by atoms with Crippen molar-refractivity contribution in [2.75, 3.05) is 19.8 Å². The average Bonchev–Trinajstić information content (AvgIpc) is 3.38. The van der Waals surface area contributed by atoms with Crippen molar-refractivity contribution in [2.24, 2.45) is 0 Å². The number of carbonyl (C=O) groups is 2. The Morgan fingerprint density at radius 3 is 1.44 bits per heavy atom. The zero-order valence-corrected chi connectivity index (χ0v) is 46.1. The normalized spacial score (nSPS) is 19.3. The molecule has 0 aromatic heterocycles. The van der Waals surface area contributed by atoms with Crippen LogP contribution < -0.4 is 5.32 Å². The van der Waals surface area contributed by atoms with E-state index in [2.05, 4.69) is 55.6 Å². The maximum atomic E-state index is 13.0. The molecule has 420 valence electrons. The lowest BCUT2D eigenvalue weighted by atomic mass is 9.99. The summed E-state index contributed by atoms with van der Waals surface area (Å²) in [5.41, 5.74) is 0. The third-order valence-electron chi connectivity index (χ3n) is 13.9. The van der Waals surface area contributed by atoms with E-state index in [-0.39, 0.29) is 18.5 Å². The topological polar surface area (TPSA) is 175 Å². The minimum Gasteiger partial charge on any atom is -0.466 e. The lowest BCUT2D eigenvalue weighted by Crippen LogP contribution is -2.60. The highest BCUT2D eigenvalue weighted by Gasteiger charge is 2.44. The van der Waals surface area contributed by atoms with Crippen LogP contribution in [0.25, 0.3) is 0 Å². The van der Waals surface area contributed by atoms with Gasteiger partial charge in [-0.15, -0.1) is 0 Å². The van der Waals surface area contributed by atoms with E-state index in [0.717, 1.165) is 96.3 Å². The van der Waals surface area contributed by atoms with Crippen LogP contribution in [0.1, 0.15) is 264 Å². The van der Waals surface area contributed by atoms with Gasteiger partial charge in [0.25, 0.3) is 0 Å². The number of ether oxygens (including phenoxy) is 3. The number of allylic oxidation sites excluding steroid dienone is 7. The lowest BCUT2D eigenvalue weighted by Gasteiger charge is -2.40. The highest BCUT2D eigenvalue weighted by Crippen LogP contribution is 2.23. The molecule has 11 nitrogen and oxygen atoms in total. The van der Waals surface area contributed by atoms with Crippen LogP contribution in [0.15, 0.2) is 48.6 Å². The molecule has 1 amide bonds. The Morgan fingerprint density at radius 1 is 0.514 bits per heavy atom. The summed E-state index contributed by atoms with van der Waals surface area (Å²) in [6.07, 6.45) is 53.5. The van der Waals surface area contributed by atoms with E-state index in [1.807, 2.05) is 6.08 Å². The SMILES string of the molecule is CCCCC/C=C\C/C=C\CCCCCCCCCCCC(=O)OCCCCCCCCC/C=C\CCCCCCCC(=O)NC(COC1OC(CO)C(O)C(O)C1O)C(O)/C=C/CCCCCCCCC. The van der Waals surface area contributed by atoms with E-state index in [4.69, 9.17) is 14.2 Å². The van der Waals surface area contributed by atoms with Gasteiger partial charge >= 0.3 is 5.97 Å². The van der Waals surface area contributed by atoms with E-state index >= 15 is 0 Å². The van der Waals surface area contributed by atoms with Crippen LogP contribution in [-0.4, -0.2) is 100 Å². The maximum absolute atomic E-state index is 13.0. The van der Waals surface area contributed by atoms with Crippen LogP contribution in [0.5, 0.6) is 0 Å². The van der Waals surface area contributed by atoms with Crippen molar-refractivity contribution >= 4 is 11.9 Å². The zero-order valence-electron chi connectivity index (χ0n) is 46.1. The number of amides is 1. The van der Waals surface area contributed by atoms with E-state index in [9.17, 15) is 35.1 Å². The van der Waals surface area contributed by atoms with Gasteiger partial charge in [0.15, 0.2) is 6.29 Å². The second-order valence-corrected chi connectivity index (χ2v) is 20.7. The van der Waals surface area contributed by atoms with E-state index in [0.29, 0.717) is 19.4 Å². The Hall–Kier alpha value is -2.38. The van der Waals surface area contributed by atoms with Crippen molar-refractivity contribution in [2.45, 2.75) is 307 Å². The Bertz CT molecular complexity index is 1340. The fourth-order valence-electron chi connectivity index (χ4n) is 9.11. The summed E-state index contributed by atoms with van der Waals surface area (Å²) in [5, 5.41) is 54.2. The molecular weight excluding hydrogens is 907 g/mol. The number of hydrogen-bond acceptors (Lipinski definition) is 10. The minimum absolute atomic E-state index is 0.0253. The number of unbranched alkanes of at least 4 members (excludes halogenated alkanes) is 31. The minimum atomic E-state index is -1.58. The van der Waals surface area contributed by atoms with Crippen molar-refractivity contribution in [1.82, 2.24) is 5.32 Å². The van der Waals surface area contributed by atoms with Crippen molar-refractivity contribution in [3.63, 3.8) is 0 Å². The highest BCUT2D eigenvalue weighted by molar-refractivity contribution is 5.76. The fourth-order valence-corrected chi connectivity index (χ4v) is 9.11. The highest BCUT2D eigenvalue weighted by atomic mass is 16.7. The largest absolute Gasteiger partial charge is 0.466 e. The Labute approximate surface area is 440 Å². The zero-order chi connectivity index (χ0) is 52.4. The van der Waals surface area contributed by atoms with E-state index in [1.54, 1.807) is 6.08 Å². The summed E-state index contributed by atoms with van der Waals surface area (Å²) in [4.78, 5) is 25.1. The molecule has 0 aromatic rings. The summed E-state index contributed by atoms with van der Waals surface area (Å²) in [6, 6.07) is -0.822. The van der Waals surface area contributed by atoms with Gasteiger partial charge in [-0.1, -0.05) is 210 Å². The number of aliphatic hydroxyl groups excluding tert-OH is 5. The van der Waals surface area contributed by atoms with Crippen LogP contribution in [0, 0.1) is 0 Å². The van der Waals surface area contributed by atoms with Crippen LogP contribution in [-0.2, 0) is 23.8 Å². The quantitative estimate of drug-likeness (QED) is 0.0195. The lowest BCUT2D eigenvalue weighted by molar-refractivity contribution is -0.302. The molecule has 7 unspecified atom stereocenters. The van der Waals surface area contributed by atoms with Crippen LogP contribution in [0.2, 0.25) is 0 Å². The first-order valence-electron chi connectivity index (χ1n) is 29.9. The van der Waals surface area contributed by atoms with Gasteiger partial charge in [0.1, 0.15) is 24.4 Å². The Morgan fingerprint density at radius 2 is 0.931 bits per heavy atom. The van der Waals surface area contributed by atoms with Crippen LogP contribution in [0.3, 0.4) is 0 Å². The Balaban J connectivity index is 2.03. The summed E-state index contributed by atoms with van der Waals surface area (Å²) in [7, 11) is 0. The second kappa shape index (κ2) is 50.8. The van der Waals surface area contributed by atoms with Gasteiger partial charge in [0.05, 0.1) is 32.0 Å². The molecule has 72 heavy (non-hydrogen) atoms. The number of rotatable bonds is 51. The standard InChI is InChI=1S/C61H111NO10/c1-3-5-7-9-11-13-14-15-16-17-18-19-23-26-29-33-37-41-45-49-57(66)70-50-46-42-38-34-30-27-24-21-20-22-25-28-32-36-40-44-48-56(65)62-53(54(64)47-43-39-35-31-12-10-8-6-4-2)52-71-61-60(69)59(68)58(67)55(51-63)72-61/h11,13,15-16,20,22,43,47,53-55,58-61,63-64,67-69H,3-10,12,14,17-19,21,23-42,44-46,48-52H2,1-2H3,(H,62,65)/b13-11-,16-15-,22-20-,47-43+. The van der Waals surface area contributed by atoms with E-state index < -0.39 is 49.5 Å². The molecule has 0 radical (unpaired) electrons. The molecule has 0 bridgehead atoms. The van der Waals surface area contributed by atoms with Crippen molar-refractivity contribution in [3.05, 3.63) is 48.6 Å². The number of nitrogens with one attached hydrogen (secondary N) is 1. The number of esters is 1. The molecule has 1 rings (SSSR count). The molecule has 1 saturated heterocycles. The number of hydrogen-bond donors (Lipinski definition) is 6. The summed E-state index contributed by atoms with van der Waals surface area (Å²) < 4.78 is 16.7. The summed E-state index contributed by atoms with van der Waals surface area (Å²) >= 11 is 0. The maximum Gasteiger partial charge on any atom is 0.305 e. The third kappa shape index (κ3) is 40.0. The second-order valence-electron chi connectivity index (χ2n) is 20.7. The molecule has 0 aliphatic carbocycles. The van der Waals surface area contributed by atoms with Gasteiger partial charge < -0.3 is 45.1 Å². The van der Waals surface area contributed by atoms with Crippen LogP contribution in [0.4, 0.5) is 0 Å². The predicted octanol–water partition coefficient (Wildman–Crippen LogP) is 13.7. The third-order valence-corrected chi connectivity index (χ3v) is 13.9. The molecule has 1 aliphatic rings. The summed E-state index contributed by atoms with van der Waals surface area (Å²) in [5.74, 6) is -0.227. The van der Waals surface area contributed by atoms with Gasteiger partial charge in [-0.05, 0) is 89.9 Å².